The van der Waals surface area contributed by atoms with E-state index in [4.69, 9.17) is 4.74 Å². The third-order valence-corrected chi connectivity index (χ3v) is 2.57. The molecule has 0 aromatic carbocycles. The lowest BCUT2D eigenvalue weighted by molar-refractivity contribution is 0.0302. The minimum atomic E-state index is -0.463. The van der Waals surface area contributed by atoms with Gasteiger partial charge < -0.3 is 20.3 Å². The van der Waals surface area contributed by atoms with Crippen molar-refractivity contribution < 1.29 is 9.53 Å². The van der Waals surface area contributed by atoms with Crippen molar-refractivity contribution in [3.8, 4) is 0 Å². The van der Waals surface area contributed by atoms with Crippen molar-refractivity contribution in [3.05, 3.63) is 0 Å². The predicted molar refractivity (Wildman–Crippen MR) is 103 cm³/mol. The van der Waals surface area contributed by atoms with Gasteiger partial charge in [-0.2, -0.15) is 0 Å². The standard InChI is InChI=1S/C15H32N4O2.HI/c1-7-9-10-17-13(16-8-2)18-11-12-19(6)14(20)21-15(3,4)5;/h7-12H2,1-6H3,(H2,16,17,18);1H. The van der Waals surface area contributed by atoms with Crippen LogP contribution in [-0.2, 0) is 4.74 Å². The number of hydrogen-bond acceptors (Lipinski definition) is 3. The second-order valence-electron chi connectivity index (χ2n) is 5.94. The van der Waals surface area contributed by atoms with Gasteiger partial charge in [0.25, 0.3) is 0 Å². The number of unbranched alkanes of at least 4 members (excludes halogenated alkanes) is 1. The lowest BCUT2D eigenvalue weighted by Gasteiger charge is -2.24. The van der Waals surface area contributed by atoms with E-state index in [9.17, 15) is 4.79 Å². The fraction of sp³-hybridized carbons (Fsp3) is 0.867. The normalized spacial score (nSPS) is 11.5. The summed E-state index contributed by atoms with van der Waals surface area (Å²) in [5, 5.41) is 6.40. The summed E-state index contributed by atoms with van der Waals surface area (Å²) in [7, 11) is 1.73. The summed E-state index contributed by atoms with van der Waals surface area (Å²) in [6.07, 6.45) is 1.90. The van der Waals surface area contributed by atoms with Crippen molar-refractivity contribution in [1.29, 1.82) is 0 Å². The van der Waals surface area contributed by atoms with Gasteiger partial charge in [0.15, 0.2) is 5.96 Å². The zero-order chi connectivity index (χ0) is 16.3. The quantitative estimate of drug-likeness (QED) is 0.283. The fourth-order valence-electron chi connectivity index (χ4n) is 1.46. The molecule has 0 spiro atoms. The molecule has 0 saturated heterocycles. The molecule has 0 rings (SSSR count). The van der Waals surface area contributed by atoms with E-state index in [0.29, 0.717) is 13.1 Å². The van der Waals surface area contributed by atoms with Gasteiger partial charge in [0.2, 0.25) is 0 Å². The first-order chi connectivity index (χ1) is 9.80. The molecule has 0 atom stereocenters. The molecule has 7 heteroatoms. The van der Waals surface area contributed by atoms with Crippen LogP contribution in [0.3, 0.4) is 0 Å². The lowest BCUT2D eigenvalue weighted by Crippen LogP contribution is -2.43. The van der Waals surface area contributed by atoms with E-state index >= 15 is 0 Å². The molecule has 0 bridgehead atoms. The summed E-state index contributed by atoms with van der Waals surface area (Å²) in [5.74, 6) is 0.795. The zero-order valence-corrected chi connectivity index (χ0v) is 17.2. The monoisotopic (exact) mass is 428 g/mol. The molecule has 0 fully saturated rings. The van der Waals surface area contributed by atoms with Gasteiger partial charge in [0, 0.05) is 33.2 Å². The maximum absolute atomic E-state index is 11.8. The lowest BCUT2D eigenvalue weighted by atomic mass is 10.2. The first kappa shape index (κ1) is 23.5. The maximum atomic E-state index is 11.8. The van der Waals surface area contributed by atoms with Crippen LogP contribution < -0.4 is 10.6 Å². The number of guanidine groups is 1. The highest BCUT2D eigenvalue weighted by atomic mass is 127. The number of carbonyl (C=O) groups is 1. The molecule has 132 valence electrons. The third-order valence-electron chi connectivity index (χ3n) is 2.57. The van der Waals surface area contributed by atoms with Crippen LogP contribution in [0.4, 0.5) is 4.79 Å². The minimum absolute atomic E-state index is 0. The number of nitrogens with zero attached hydrogens (tertiary/aromatic N) is 2. The third kappa shape index (κ3) is 13.0. The molecule has 0 saturated carbocycles. The van der Waals surface area contributed by atoms with Crippen LogP contribution in [0.2, 0.25) is 0 Å². The summed E-state index contributed by atoms with van der Waals surface area (Å²) >= 11 is 0. The summed E-state index contributed by atoms with van der Waals surface area (Å²) in [5.41, 5.74) is -0.463. The van der Waals surface area contributed by atoms with E-state index in [1.54, 1.807) is 11.9 Å². The zero-order valence-electron chi connectivity index (χ0n) is 14.9. The smallest absolute Gasteiger partial charge is 0.410 e. The van der Waals surface area contributed by atoms with E-state index in [1.807, 2.05) is 27.7 Å². The van der Waals surface area contributed by atoms with Crippen molar-refractivity contribution >= 4 is 36.0 Å². The average Bonchev–Trinajstić information content (AvgIpc) is 2.36. The van der Waals surface area contributed by atoms with Gasteiger partial charge in [0.1, 0.15) is 5.60 Å². The van der Waals surface area contributed by atoms with Crippen molar-refractivity contribution in [2.75, 3.05) is 33.2 Å². The summed E-state index contributed by atoms with van der Waals surface area (Å²) in [6.45, 7) is 12.6. The Kier molecular flexibility index (Phi) is 13.7. The summed E-state index contributed by atoms with van der Waals surface area (Å²) in [4.78, 5) is 17.8. The Hall–Kier alpha value is -0.730. The first-order valence-electron chi connectivity index (χ1n) is 7.76. The number of rotatable bonds is 7. The molecule has 6 nitrogen and oxygen atoms in total. The number of aliphatic imine (C=N–C) groups is 1. The highest BCUT2D eigenvalue weighted by Gasteiger charge is 2.19. The van der Waals surface area contributed by atoms with Crippen LogP contribution in [-0.4, -0.2) is 55.8 Å². The number of amides is 1. The topological polar surface area (TPSA) is 66.0 Å². The molecule has 0 radical (unpaired) electrons. The summed E-state index contributed by atoms with van der Waals surface area (Å²) in [6, 6.07) is 0. The van der Waals surface area contributed by atoms with Crippen LogP contribution in [0.1, 0.15) is 47.5 Å². The van der Waals surface area contributed by atoms with Crippen molar-refractivity contribution in [3.63, 3.8) is 0 Å². The molecular formula is C15H33IN4O2. The molecule has 1 amide bonds. The molecule has 0 heterocycles. The number of halogens is 1. The second-order valence-corrected chi connectivity index (χ2v) is 5.94. The van der Waals surface area contributed by atoms with Gasteiger partial charge >= 0.3 is 6.09 Å². The molecule has 2 N–H and O–H groups in total. The Labute approximate surface area is 152 Å². The highest BCUT2D eigenvalue weighted by Crippen LogP contribution is 2.08. The SMILES string of the molecule is CCCCN=C(NCC)NCCN(C)C(=O)OC(C)(C)C.I. The molecule has 0 aromatic rings. The number of hydrogen-bond donors (Lipinski definition) is 2. The molecule has 22 heavy (non-hydrogen) atoms. The number of ether oxygens (including phenoxy) is 1. The van der Waals surface area contributed by atoms with E-state index in [1.165, 1.54) is 0 Å². The Morgan fingerprint density at radius 2 is 1.86 bits per heavy atom. The van der Waals surface area contributed by atoms with Gasteiger partial charge in [-0.25, -0.2) is 4.79 Å². The Morgan fingerprint density at radius 1 is 1.23 bits per heavy atom. The molecule has 0 aliphatic rings. The number of likely N-dealkylation sites (N-methyl/N-ethyl adjacent to an activating group) is 1. The summed E-state index contributed by atoms with van der Waals surface area (Å²) < 4.78 is 5.30. The van der Waals surface area contributed by atoms with Gasteiger partial charge in [-0.15, -0.1) is 24.0 Å². The van der Waals surface area contributed by atoms with E-state index in [-0.39, 0.29) is 30.1 Å². The molecular weight excluding hydrogens is 395 g/mol. The predicted octanol–water partition coefficient (Wildman–Crippen LogP) is 2.83. The van der Waals surface area contributed by atoms with E-state index < -0.39 is 5.60 Å². The van der Waals surface area contributed by atoms with Crippen molar-refractivity contribution in [2.45, 2.75) is 53.1 Å². The van der Waals surface area contributed by atoms with Crippen LogP contribution in [0.15, 0.2) is 4.99 Å². The Balaban J connectivity index is 0. The fourth-order valence-corrected chi connectivity index (χ4v) is 1.46. The second kappa shape index (κ2) is 12.8. The molecule has 0 aromatic heterocycles. The van der Waals surface area contributed by atoms with Crippen LogP contribution in [0, 0.1) is 0 Å². The van der Waals surface area contributed by atoms with Crippen molar-refractivity contribution in [2.24, 2.45) is 4.99 Å². The Morgan fingerprint density at radius 3 is 2.36 bits per heavy atom. The molecule has 0 aliphatic heterocycles. The first-order valence-corrected chi connectivity index (χ1v) is 7.76. The minimum Gasteiger partial charge on any atom is -0.444 e. The van der Waals surface area contributed by atoms with Gasteiger partial charge in [0.05, 0.1) is 0 Å². The number of nitrogens with one attached hydrogen (secondary N) is 2. The van der Waals surface area contributed by atoms with Crippen LogP contribution >= 0.6 is 24.0 Å². The largest absolute Gasteiger partial charge is 0.444 e. The highest BCUT2D eigenvalue weighted by molar-refractivity contribution is 14.0. The average molecular weight is 428 g/mol. The van der Waals surface area contributed by atoms with Crippen LogP contribution in [0.5, 0.6) is 0 Å². The van der Waals surface area contributed by atoms with Gasteiger partial charge in [-0.1, -0.05) is 13.3 Å². The van der Waals surface area contributed by atoms with Crippen LogP contribution in [0.25, 0.3) is 0 Å². The van der Waals surface area contributed by atoms with Crippen molar-refractivity contribution in [1.82, 2.24) is 15.5 Å². The molecule has 0 unspecified atom stereocenters. The molecule has 0 aliphatic carbocycles. The van der Waals surface area contributed by atoms with E-state index in [0.717, 1.165) is 31.9 Å². The van der Waals surface area contributed by atoms with E-state index in [2.05, 4.69) is 22.5 Å². The Bertz CT molecular complexity index is 330. The number of carbonyl (C=O) groups excluding carboxylic acids is 1. The van der Waals surface area contributed by atoms with Gasteiger partial charge in [-0.3, -0.25) is 4.99 Å². The maximum Gasteiger partial charge on any atom is 0.410 e. The van der Waals surface area contributed by atoms with Gasteiger partial charge in [-0.05, 0) is 34.1 Å².